The average Bonchev–Trinajstić information content (AvgIpc) is 3.02. The van der Waals surface area contributed by atoms with Crippen LogP contribution in [0.2, 0.25) is 0 Å². The van der Waals surface area contributed by atoms with Gasteiger partial charge in [-0.25, -0.2) is 4.39 Å². The normalized spacial score (nSPS) is 18.1. The second kappa shape index (κ2) is 6.37. The van der Waals surface area contributed by atoms with Crippen molar-refractivity contribution in [2.24, 2.45) is 0 Å². The molecule has 0 aromatic heterocycles. The summed E-state index contributed by atoms with van der Waals surface area (Å²) in [7, 11) is 0. The third-order valence-corrected chi connectivity index (χ3v) is 3.98. The van der Waals surface area contributed by atoms with Gasteiger partial charge in [-0.1, -0.05) is 30.3 Å². The van der Waals surface area contributed by atoms with Gasteiger partial charge in [0.15, 0.2) is 0 Å². The zero-order valence-corrected chi connectivity index (χ0v) is 12.2. The third-order valence-electron chi connectivity index (χ3n) is 3.98. The molecule has 1 N–H and O–H groups in total. The van der Waals surface area contributed by atoms with Crippen molar-refractivity contribution < 1.29 is 9.13 Å². The summed E-state index contributed by atoms with van der Waals surface area (Å²) in [4.78, 5) is 0. The number of benzene rings is 2. The molecule has 1 unspecified atom stereocenters. The lowest BCUT2D eigenvalue weighted by Crippen LogP contribution is -2.16. The van der Waals surface area contributed by atoms with E-state index in [0.717, 1.165) is 36.2 Å². The molecule has 110 valence electrons. The molecule has 2 nitrogen and oxygen atoms in total. The molecule has 0 spiro atoms. The first-order valence-corrected chi connectivity index (χ1v) is 7.41. The molecule has 0 radical (unpaired) electrons. The fraction of sp³-hybridized carbons (Fsp3) is 0.333. The van der Waals surface area contributed by atoms with E-state index in [4.69, 9.17) is 4.74 Å². The first-order valence-electron chi connectivity index (χ1n) is 7.41. The van der Waals surface area contributed by atoms with Gasteiger partial charge in [-0.15, -0.1) is 0 Å². The van der Waals surface area contributed by atoms with Gasteiger partial charge in [0.25, 0.3) is 0 Å². The van der Waals surface area contributed by atoms with Crippen molar-refractivity contribution in [3.63, 3.8) is 0 Å². The summed E-state index contributed by atoms with van der Waals surface area (Å²) in [6.07, 6.45) is 1.37. The summed E-state index contributed by atoms with van der Waals surface area (Å²) in [6.45, 7) is 4.35. The summed E-state index contributed by atoms with van der Waals surface area (Å²) in [5.41, 5.74) is 3.97. The minimum atomic E-state index is -0.162. The maximum Gasteiger partial charge on any atom is 0.126 e. The SMILES string of the molecule is Cc1cc(-c2ccccc2COC2CCNC2)ccc1F. The molecule has 2 aromatic carbocycles. The minimum Gasteiger partial charge on any atom is -0.372 e. The van der Waals surface area contributed by atoms with Gasteiger partial charge in [-0.05, 0) is 54.3 Å². The molecule has 0 saturated carbocycles. The number of hydrogen-bond acceptors (Lipinski definition) is 2. The van der Waals surface area contributed by atoms with Crippen LogP contribution in [0.25, 0.3) is 11.1 Å². The Hall–Kier alpha value is -1.71. The molecule has 1 atom stereocenters. The van der Waals surface area contributed by atoms with Crippen molar-refractivity contribution in [3.8, 4) is 11.1 Å². The first kappa shape index (κ1) is 14.2. The zero-order valence-electron chi connectivity index (χ0n) is 12.2. The second-order valence-electron chi connectivity index (χ2n) is 5.55. The first-order chi connectivity index (χ1) is 10.2. The highest BCUT2D eigenvalue weighted by Crippen LogP contribution is 2.26. The molecule has 0 bridgehead atoms. The molecular formula is C18H20FNO. The van der Waals surface area contributed by atoms with E-state index in [1.807, 2.05) is 24.3 Å². The molecule has 0 amide bonds. The molecular weight excluding hydrogens is 265 g/mol. The van der Waals surface area contributed by atoms with Gasteiger partial charge < -0.3 is 10.1 Å². The van der Waals surface area contributed by atoms with Crippen molar-refractivity contribution in [2.45, 2.75) is 26.1 Å². The summed E-state index contributed by atoms with van der Waals surface area (Å²) in [6, 6.07) is 13.4. The predicted octanol–water partition coefficient (Wildman–Crippen LogP) is 3.68. The van der Waals surface area contributed by atoms with E-state index in [2.05, 4.69) is 17.4 Å². The number of rotatable bonds is 4. The Morgan fingerprint density at radius 2 is 2.10 bits per heavy atom. The summed E-state index contributed by atoms with van der Waals surface area (Å²) < 4.78 is 19.4. The highest BCUT2D eigenvalue weighted by molar-refractivity contribution is 5.67. The molecule has 3 heteroatoms. The summed E-state index contributed by atoms with van der Waals surface area (Å²) >= 11 is 0. The van der Waals surface area contributed by atoms with Crippen molar-refractivity contribution in [1.82, 2.24) is 5.32 Å². The monoisotopic (exact) mass is 285 g/mol. The minimum absolute atomic E-state index is 0.162. The lowest BCUT2D eigenvalue weighted by atomic mass is 9.98. The van der Waals surface area contributed by atoms with E-state index in [1.165, 1.54) is 6.07 Å². The van der Waals surface area contributed by atoms with Gasteiger partial charge in [0, 0.05) is 6.54 Å². The van der Waals surface area contributed by atoms with Gasteiger partial charge in [-0.3, -0.25) is 0 Å². The Morgan fingerprint density at radius 3 is 2.86 bits per heavy atom. The fourth-order valence-electron chi connectivity index (χ4n) is 2.72. The van der Waals surface area contributed by atoms with Gasteiger partial charge in [0.05, 0.1) is 12.7 Å². The van der Waals surface area contributed by atoms with E-state index in [9.17, 15) is 4.39 Å². The van der Waals surface area contributed by atoms with Crippen molar-refractivity contribution >= 4 is 0 Å². The second-order valence-corrected chi connectivity index (χ2v) is 5.55. The Kier molecular flexibility index (Phi) is 4.32. The highest BCUT2D eigenvalue weighted by atomic mass is 19.1. The van der Waals surface area contributed by atoms with E-state index in [1.54, 1.807) is 6.92 Å². The summed E-state index contributed by atoms with van der Waals surface area (Å²) in [5, 5.41) is 3.30. The maximum absolute atomic E-state index is 13.4. The van der Waals surface area contributed by atoms with E-state index in [-0.39, 0.29) is 5.82 Å². The van der Waals surface area contributed by atoms with Crippen molar-refractivity contribution in [3.05, 3.63) is 59.4 Å². The van der Waals surface area contributed by atoms with Crippen LogP contribution in [-0.2, 0) is 11.3 Å². The van der Waals surface area contributed by atoms with Crippen LogP contribution in [0.4, 0.5) is 4.39 Å². The maximum atomic E-state index is 13.4. The van der Waals surface area contributed by atoms with Gasteiger partial charge in [-0.2, -0.15) is 0 Å². The van der Waals surface area contributed by atoms with Gasteiger partial charge in [0.2, 0.25) is 0 Å². The number of halogens is 1. The van der Waals surface area contributed by atoms with Crippen LogP contribution in [-0.4, -0.2) is 19.2 Å². The summed E-state index contributed by atoms with van der Waals surface area (Å²) in [5.74, 6) is -0.162. The standard InChI is InChI=1S/C18H20FNO/c1-13-10-14(6-7-18(13)19)17-5-3-2-4-15(17)12-21-16-8-9-20-11-16/h2-7,10,16,20H,8-9,11-12H2,1H3. The number of ether oxygens (including phenoxy) is 1. The average molecular weight is 285 g/mol. The van der Waals surface area contributed by atoms with Crippen LogP contribution >= 0.6 is 0 Å². The van der Waals surface area contributed by atoms with E-state index in [0.29, 0.717) is 18.3 Å². The Bertz CT molecular complexity index is 620. The molecule has 1 aliphatic rings. The van der Waals surface area contributed by atoms with Crippen LogP contribution < -0.4 is 5.32 Å². The molecule has 2 aromatic rings. The molecule has 1 saturated heterocycles. The quantitative estimate of drug-likeness (QED) is 0.925. The van der Waals surface area contributed by atoms with Crippen molar-refractivity contribution in [1.29, 1.82) is 0 Å². The molecule has 3 rings (SSSR count). The van der Waals surface area contributed by atoms with Gasteiger partial charge >= 0.3 is 0 Å². The van der Waals surface area contributed by atoms with Crippen LogP contribution in [0.1, 0.15) is 17.5 Å². The lowest BCUT2D eigenvalue weighted by Gasteiger charge is -2.14. The largest absolute Gasteiger partial charge is 0.372 e. The Labute approximate surface area is 125 Å². The Morgan fingerprint density at radius 1 is 1.24 bits per heavy atom. The smallest absolute Gasteiger partial charge is 0.126 e. The van der Waals surface area contributed by atoms with Crippen LogP contribution in [0, 0.1) is 12.7 Å². The zero-order chi connectivity index (χ0) is 14.7. The van der Waals surface area contributed by atoms with Crippen LogP contribution in [0.3, 0.4) is 0 Å². The lowest BCUT2D eigenvalue weighted by molar-refractivity contribution is 0.0545. The molecule has 1 aliphatic heterocycles. The van der Waals surface area contributed by atoms with Crippen LogP contribution in [0.15, 0.2) is 42.5 Å². The molecule has 0 aliphatic carbocycles. The van der Waals surface area contributed by atoms with Crippen LogP contribution in [0.5, 0.6) is 0 Å². The van der Waals surface area contributed by atoms with Gasteiger partial charge in [0.1, 0.15) is 5.82 Å². The van der Waals surface area contributed by atoms with E-state index < -0.39 is 0 Å². The van der Waals surface area contributed by atoms with E-state index >= 15 is 0 Å². The predicted molar refractivity (Wildman–Crippen MR) is 82.6 cm³/mol. The number of aryl methyl sites for hydroxylation is 1. The van der Waals surface area contributed by atoms with Crippen molar-refractivity contribution in [2.75, 3.05) is 13.1 Å². The third kappa shape index (κ3) is 3.31. The number of nitrogens with one attached hydrogen (secondary N) is 1. The fourth-order valence-corrected chi connectivity index (χ4v) is 2.72. The molecule has 1 heterocycles. The highest BCUT2D eigenvalue weighted by Gasteiger charge is 2.15. The Balaban J connectivity index is 1.82. The molecule has 1 fully saturated rings. The molecule has 21 heavy (non-hydrogen) atoms. The topological polar surface area (TPSA) is 21.3 Å². The number of hydrogen-bond donors (Lipinski definition) is 1.